The average Bonchev–Trinajstić information content (AvgIpc) is 3.38. The number of benzene rings is 1. The second-order valence-electron chi connectivity index (χ2n) is 7.16. The minimum absolute atomic E-state index is 0.0618. The van der Waals surface area contributed by atoms with Crippen LogP contribution in [0.15, 0.2) is 42.6 Å². The monoisotopic (exact) mass is 405 g/mol. The molecule has 0 radical (unpaired) electrons. The maximum Gasteiger partial charge on any atom is 0.272 e. The van der Waals surface area contributed by atoms with E-state index in [1.807, 2.05) is 43.5 Å². The molecule has 3 heterocycles. The van der Waals surface area contributed by atoms with E-state index in [2.05, 4.69) is 25.8 Å². The summed E-state index contributed by atoms with van der Waals surface area (Å²) in [6.45, 7) is 3.78. The lowest BCUT2D eigenvalue weighted by molar-refractivity contribution is -0.126. The smallest absolute Gasteiger partial charge is 0.272 e. The summed E-state index contributed by atoms with van der Waals surface area (Å²) >= 11 is 0. The molecule has 0 unspecified atom stereocenters. The summed E-state index contributed by atoms with van der Waals surface area (Å²) in [6, 6.07) is 9.69. The summed E-state index contributed by atoms with van der Waals surface area (Å²) in [5, 5.41) is 17.8. The third-order valence-electron chi connectivity index (χ3n) is 4.96. The number of aryl methyl sites for hydroxylation is 1. The van der Waals surface area contributed by atoms with Gasteiger partial charge >= 0.3 is 0 Å². The molecule has 1 aromatic carbocycles. The maximum absolute atomic E-state index is 12.5. The molecular weight excluding hydrogens is 382 g/mol. The molecule has 9 nitrogen and oxygen atoms in total. The number of aromatic amines is 1. The van der Waals surface area contributed by atoms with Crippen LogP contribution in [0.2, 0.25) is 0 Å². The predicted octanol–water partition coefficient (Wildman–Crippen LogP) is 1.34. The molecule has 154 valence electrons. The predicted molar refractivity (Wildman–Crippen MR) is 110 cm³/mol. The molecule has 1 aliphatic rings. The van der Waals surface area contributed by atoms with Gasteiger partial charge in [-0.25, -0.2) is 0 Å². The minimum Gasteiger partial charge on any atom is -0.349 e. The van der Waals surface area contributed by atoms with Gasteiger partial charge in [0.15, 0.2) is 5.69 Å². The van der Waals surface area contributed by atoms with Crippen LogP contribution in [0.1, 0.15) is 33.0 Å². The second kappa shape index (κ2) is 8.73. The van der Waals surface area contributed by atoms with Crippen LogP contribution >= 0.6 is 0 Å². The van der Waals surface area contributed by atoms with Gasteiger partial charge in [-0.2, -0.15) is 5.10 Å². The number of carbonyl (C=O) groups is 2. The van der Waals surface area contributed by atoms with Gasteiger partial charge in [0.05, 0.1) is 24.5 Å². The Balaban J connectivity index is 1.33. The Labute approximate surface area is 173 Å². The van der Waals surface area contributed by atoms with Crippen LogP contribution in [0.4, 0.5) is 0 Å². The molecule has 2 N–H and O–H groups in total. The summed E-state index contributed by atoms with van der Waals surface area (Å²) in [5.74, 6) is -0.290. The highest BCUT2D eigenvalue weighted by atomic mass is 16.2. The molecule has 2 aromatic heterocycles. The Hall–Kier alpha value is -3.75. The van der Waals surface area contributed by atoms with E-state index in [0.717, 1.165) is 22.5 Å². The number of carbonyl (C=O) groups excluding carboxylic acids is 2. The van der Waals surface area contributed by atoms with Gasteiger partial charge in [0.25, 0.3) is 5.91 Å². The molecule has 0 bridgehead atoms. The molecule has 0 spiro atoms. The van der Waals surface area contributed by atoms with Crippen LogP contribution < -0.4 is 5.32 Å². The fourth-order valence-corrected chi connectivity index (χ4v) is 3.40. The molecule has 0 saturated heterocycles. The molecule has 0 saturated carbocycles. The number of nitrogens with one attached hydrogen (secondary N) is 2. The van der Waals surface area contributed by atoms with E-state index < -0.39 is 0 Å². The number of aromatic nitrogens is 5. The fraction of sp³-hybridized carbons (Fsp3) is 0.286. The van der Waals surface area contributed by atoms with Crippen molar-refractivity contribution < 1.29 is 9.59 Å². The SMILES string of the molecule is Cc1cn(CCNC(=O)c2n[nH]c3c2CCN(C(=O)/C=C/c2ccccc2)C3)nn1. The number of hydrogen-bond acceptors (Lipinski definition) is 5. The van der Waals surface area contributed by atoms with Crippen molar-refractivity contribution >= 4 is 17.9 Å². The number of hydrogen-bond donors (Lipinski definition) is 2. The fourth-order valence-electron chi connectivity index (χ4n) is 3.40. The number of fused-ring (bicyclic) bond motifs is 1. The Morgan fingerprint density at radius 3 is 2.87 bits per heavy atom. The zero-order chi connectivity index (χ0) is 20.9. The lowest BCUT2D eigenvalue weighted by atomic mass is 10.0. The second-order valence-corrected chi connectivity index (χ2v) is 7.16. The lowest BCUT2D eigenvalue weighted by Gasteiger charge is -2.25. The number of rotatable bonds is 6. The molecule has 30 heavy (non-hydrogen) atoms. The van der Waals surface area contributed by atoms with Gasteiger partial charge in [-0.1, -0.05) is 35.5 Å². The molecule has 1 aliphatic heterocycles. The Morgan fingerprint density at radius 1 is 1.27 bits per heavy atom. The van der Waals surface area contributed by atoms with E-state index >= 15 is 0 Å². The largest absolute Gasteiger partial charge is 0.349 e. The highest BCUT2D eigenvalue weighted by Gasteiger charge is 2.26. The quantitative estimate of drug-likeness (QED) is 0.602. The molecule has 9 heteroatoms. The van der Waals surface area contributed by atoms with Crippen molar-refractivity contribution in [2.75, 3.05) is 13.1 Å². The van der Waals surface area contributed by atoms with Crippen molar-refractivity contribution in [1.82, 2.24) is 35.4 Å². The Morgan fingerprint density at radius 2 is 2.10 bits per heavy atom. The normalized spacial score (nSPS) is 13.4. The maximum atomic E-state index is 12.5. The summed E-state index contributed by atoms with van der Waals surface area (Å²) in [7, 11) is 0. The van der Waals surface area contributed by atoms with Gasteiger partial charge in [0.2, 0.25) is 5.91 Å². The van der Waals surface area contributed by atoms with Crippen molar-refractivity contribution in [3.8, 4) is 0 Å². The van der Waals surface area contributed by atoms with Crippen molar-refractivity contribution in [2.24, 2.45) is 0 Å². The van der Waals surface area contributed by atoms with Crippen molar-refractivity contribution in [1.29, 1.82) is 0 Å². The topological polar surface area (TPSA) is 109 Å². The van der Waals surface area contributed by atoms with E-state index in [1.165, 1.54) is 0 Å². The molecule has 2 amide bonds. The van der Waals surface area contributed by atoms with Gasteiger partial charge < -0.3 is 10.2 Å². The van der Waals surface area contributed by atoms with E-state index in [-0.39, 0.29) is 11.8 Å². The summed E-state index contributed by atoms with van der Waals surface area (Å²) in [4.78, 5) is 26.8. The van der Waals surface area contributed by atoms with E-state index in [0.29, 0.717) is 38.3 Å². The molecule has 0 fully saturated rings. The van der Waals surface area contributed by atoms with E-state index in [4.69, 9.17) is 0 Å². The first-order valence-corrected chi connectivity index (χ1v) is 9.83. The van der Waals surface area contributed by atoms with Gasteiger partial charge in [-0.15, -0.1) is 5.10 Å². The van der Waals surface area contributed by atoms with Gasteiger partial charge in [0.1, 0.15) is 0 Å². The average molecular weight is 405 g/mol. The van der Waals surface area contributed by atoms with Crippen LogP contribution in [0.5, 0.6) is 0 Å². The Kier molecular flexibility index (Phi) is 5.69. The van der Waals surface area contributed by atoms with E-state index in [9.17, 15) is 9.59 Å². The third kappa shape index (κ3) is 4.45. The first-order valence-electron chi connectivity index (χ1n) is 9.83. The summed E-state index contributed by atoms with van der Waals surface area (Å²) in [6.07, 6.45) is 5.79. The van der Waals surface area contributed by atoms with Crippen molar-refractivity contribution in [3.63, 3.8) is 0 Å². The van der Waals surface area contributed by atoms with Crippen molar-refractivity contribution in [3.05, 3.63) is 70.8 Å². The molecule has 0 atom stereocenters. The van der Waals surface area contributed by atoms with Gasteiger partial charge in [-0.05, 0) is 25.0 Å². The minimum atomic E-state index is -0.229. The third-order valence-corrected chi connectivity index (χ3v) is 4.96. The summed E-state index contributed by atoms with van der Waals surface area (Å²) in [5.41, 5.74) is 3.89. The highest BCUT2D eigenvalue weighted by molar-refractivity contribution is 5.94. The van der Waals surface area contributed by atoms with Crippen LogP contribution in [-0.4, -0.2) is 55.0 Å². The van der Waals surface area contributed by atoms with E-state index in [1.54, 1.807) is 21.7 Å². The first-order chi connectivity index (χ1) is 14.6. The number of H-pyrrole nitrogens is 1. The zero-order valence-electron chi connectivity index (χ0n) is 16.7. The van der Waals surface area contributed by atoms with Crippen LogP contribution in [-0.2, 0) is 24.3 Å². The van der Waals surface area contributed by atoms with Gasteiger partial charge in [-0.3, -0.25) is 19.4 Å². The van der Waals surface area contributed by atoms with Crippen LogP contribution in [0, 0.1) is 6.92 Å². The standard InChI is InChI=1S/C21H23N7O2/c1-15-13-28(26-23-15)12-10-22-21(30)20-17-9-11-27(14-18(17)24-25-20)19(29)8-7-16-5-3-2-4-6-16/h2-8,13H,9-12,14H2,1H3,(H,22,30)(H,24,25)/b8-7+. The Bertz CT molecular complexity index is 1070. The molecule has 4 rings (SSSR count). The van der Waals surface area contributed by atoms with Gasteiger partial charge in [0, 0.05) is 30.9 Å². The number of amides is 2. The lowest BCUT2D eigenvalue weighted by Crippen LogP contribution is -2.35. The first kappa shape index (κ1) is 19.6. The highest BCUT2D eigenvalue weighted by Crippen LogP contribution is 2.20. The van der Waals surface area contributed by atoms with Crippen LogP contribution in [0.25, 0.3) is 6.08 Å². The zero-order valence-corrected chi connectivity index (χ0v) is 16.7. The number of nitrogens with zero attached hydrogens (tertiary/aromatic N) is 5. The molecular formula is C21H23N7O2. The van der Waals surface area contributed by atoms with Crippen molar-refractivity contribution in [2.45, 2.75) is 26.4 Å². The molecule has 3 aromatic rings. The van der Waals surface area contributed by atoms with Crippen LogP contribution in [0.3, 0.4) is 0 Å². The molecule has 0 aliphatic carbocycles. The summed E-state index contributed by atoms with van der Waals surface area (Å²) < 4.78 is 1.68.